The van der Waals surface area contributed by atoms with Gasteiger partial charge >= 0.3 is 5.97 Å². The lowest BCUT2D eigenvalue weighted by Crippen LogP contribution is -2.25. The average molecular weight is 301 g/mol. The summed E-state index contributed by atoms with van der Waals surface area (Å²) in [5.74, 6) is -0.188. The third kappa shape index (κ3) is 2.58. The van der Waals surface area contributed by atoms with E-state index in [2.05, 4.69) is 5.32 Å². The molecule has 0 radical (unpaired) electrons. The number of aryl methyl sites for hydroxylation is 1. The molecule has 1 aromatic carbocycles. The number of allylic oxidation sites excluding steroid dienone is 1. The summed E-state index contributed by atoms with van der Waals surface area (Å²) < 4.78 is 5.26. The number of rotatable bonds is 3. The van der Waals surface area contributed by atoms with Gasteiger partial charge in [0.15, 0.2) is 0 Å². The maximum atomic E-state index is 12.3. The summed E-state index contributed by atoms with van der Waals surface area (Å²) in [7, 11) is 1.63. The molecule has 0 saturated heterocycles. The number of ether oxygens (including phenoxy) is 1. The second kappa shape index (κ2) is 5.83. The maximum Gasteiger partial charge on any atom is 0.308 e. The van der Waals surface area contributed by atoms with Crippen molar-refractivity contribution in [2.75, 3.05) is 13.7 Å². The van der Waals surface area contributed by atoms with Gasteiger partial charge in [-0.3, -0.25) is 9.59 Å². The van der Waals surface area contributed by atoms with E-state index in [1.54, 1.807) is 7.11 Å². The molecule has 1 aliphatic heterocycles. The van der Waals surface area contributed by atoms with Gasteiger partial charge in [-0.25, -0.2) is 0 Å². The van der Waals surface area contributed by atoms with Gasteiger partial charge in [-0.05, 0) is 54.0 Å². The molecule has 5 heteroatoms. The Hall–Kier alpha value is -2.30. The monoisotopic (exact) mass is 301 g/mol. The minimum absolute atomic E-state index is 0.233. The Morgan fingerprint density at radius 3 is 2.95 bits per heavy atom. The zero-order chi connectivity index (χ0) is 15.7. The summed E-state index contributed by atoms with van der Waals surface area (Å²) in [6, 6.07) is 5.81. The lowest BCUT2D eigenvalue weighted by molar-refractivity contribution is -0.137. The van der Waals surface area contributed by atoms with Crippen LogP contribution < -0.4 is 10.1 Å². The van der Waals surface area contributed by atoms with Gasteiger partial charge in [0.25, 0.3) is 0 Å². The molecule has 116 valence electrons. The highest BCUT2D eigenvalue weighted by molar-refractivity contribution is 6.05. The number of carboxylic acid groups (broad SMARTS) is 1. The van der Waals surface area contributed by atoms with Gasteiger partial charge < -0.3 is 15.2 Å². The van der Waals surface area contributed by atoms with Crippen molar-refractivity contribution >= 4 is 17.4 Å². The van der Waals surface area contributed by atoms with Crippen LogP contribution in [0.15, 0.2) is 23.8 Å². The second-order valence-corrected chi connectivity index (χ2v) is 5.77. The normalized spacial score (nSPS) is 20.6. The fourth-order valence-corrected chi connectivity index (χ4v) is 3.47. The molecule has 1 aliphatic carbocycles. The van der Waals surface area contributed by atoms with Crippen LogP contribution in [0.25, 0.3) is 5.57 Å². The molecule has 1 amide bonds. The molecular formula is C17H19NO4. The van der Waals surface area contributed by atoms with Crippen LogP contribution in [0, 0.1) is 5.92 Å². The Bertz CT molecular complexity index is 663. The number of carboxylic acids is 1. The van der Waals surface area contributed by atoms with E-state index in [4.69, 9.17) is 9.84 Å². The Morgan fingerprint density at radius 2 is 2.23 bits per heavy atom. The van der Waals surface area contributed by atoms with Gasteiger partial charge in [0.1, 0.15) is 5.75 Å². The van der Waals surface area contributed by atoms with Crippen molar-refractivity contribution in [2.45, 2.75) is 25.7 Å². The Labute approximate surface area is 129 Å². The van der Waals surface area contributed by atoms with Gasteiger partial charge in [-0.2, -0.15) is 0 Å². The van der Waals surface area contributed by atoms with Crippen molar-refractivity contribution in [3.63, 3.8) is 0 Å². The summed E-state index contributed by atoms with van der Waals surface area (Å²) in [4.78, 5) is 23.5. The molecule has 22 heavy (non-hydrogen) atoms. The van der Waals surface area contributed by atoms with E-state index >= 15 is 0 Å². The number of amides is 1. The van der Waals surface area contributed by atoms with E-state index in [-0.39, 0.29) is 18.2 Å². The largest absolute Gasteiger partial charge is 0.497 e. The SMILES string of the molecule is COc1ccc2c(c1)CCC1CCNC(=O)C(CC(=O)O)=C21. The van der Waals surface area contributed by atoms with Crippen LogP contribution in [-0.4, -0.2) is 30.6 Å². The number of aliphatic carboxylic acids is 1. The average Bonchev–Trinajstić information content (AvgIpc) is 2.66. The molecule has 3 rings (SSSR count). The lowest BCUT2D eigenvalue weighted by Gasteiger charge is -2.28. The lowest BCUT2D eigenvalue weighted by atomic mass is 9.76. The number of hydrogen-bond donors (Lipinski definition) is 2. The topological polar surface area (TPSA) is 75.6 Å². The third-order valence-corrected chi connectivity index (χ3v) is 4.48. The fraction of sp³-hybridized carbons (Fsp3) is 0.412. The van der Waals surface area contributed by atoms with Crippen molar-refractivity contribution in [1.82, 2.24) is 5.32 Å². The first-order valence-corrected chi connectivity index (χ1v) is 7.50. The van der Waals surface area contributed by atoms with Crippen LogP contribution in [0.4, 0.5) is 0 Å². The standard InChI is InChI=1S/C17H19NO4/c1-22-12-4-5-13-11(8-12)3-2-10-6-7-18-17(21)14(16(10)13)9-15(19)20/h4-5,8,10H,2-3,6-7,9H2,1H3,(H,18,21)(H,19,20). The molecule has 0 fully saturated rings. The van der Waals surface area contributed by atoms with E-state index in [0.717, 1.165) is 41.7 Å². The molecule has 1 aromatic rings. The van der Waals surface area contributed by atoms with E-state index in [1.165, 1.54) is 0 Å². The molecule has 0 bridgehead atoms. The first kappa shape index (κ1) is 14.6. The van der Waals surface area contributed by atoms with Gasteiger partial charge in [0.2, 0.25) is 5.91 Å². The third-order valence-electron chi connectivity index (χ3n) is 4.48. The predicted octanol–water partition coefficient (Wildman–Crippen LogP) is 2.01. The summed E-state index contributed by atoms with van der Waals surface area (Å²) in [5.41, 5.74) is 3.45. The molecule has 5 nitrogen and oxygen atoms in total. The quantitative estimate of drug-likeness (QED) is 0.895. The molecule has 1 atom stereocenters. The number of fused-ring (bicyclic) bond motifs is 3. The highest BCUT2D eigenvalue weighted by Crippen LogP contribution is 2.42. The number of carbonyl (C=O) groups excluding carboxylic acids is 1. The summed E-state index contributed by atoms with van der Waals surface area (Å²) >= 11 is 0. The van der Waals surface area contributed by atoms with Crippen LogP contribution in [0.3, 0.4) is 0 Å². The first-order chi connectivity index (χ1) is 10.6. The summed E-state index contributed by atoms with van der Waals surface area (Å²) in [6.45, 7) is 0.599. The van der Waals surface area contributed by atoms with Crippen molar-refractivity contribution in [1.29, 1.82) is 0 Å². The van der Waals surface area contributed by atoms with Gasteiger partial charge in [-0.1, -0.05) is 6.07 Å². The van der Waals surface area contributed by atoms with Crippen LogP contribution in [-0.2, 0) is 16.0 Å². The van der Waals surface area contributed by atoms with E-state index in [0.29, 0.717) is 12.1 Å². The van der Waals surface area contributed by atoms with Crippen LogP contribution in [0.2, 0.25) is 0 Å². The van der Waals surface area contributed by atoms with Crippen LogP contribution >= 0.6 is 0 Å². The summed E-state index contributed by atoms with van der Waals surface area (Å²) in [5, 5.41) is 12.0. The van der Waals surface area contributed by atoms with Crippen LogP contribution in [0.5, 0.6) is 5.75 Å². The molecule has 2 aliphatic rings. The zero-order valence-electron chi connectivity index (χ0n) is 12.5. The molecule has 1 heterocycles. The Balaban J connectivity index is 2.16. The number of carbonyl (C=O) groups is 2. The van der Waals surface area contributed by atoms with Crippen molar-refractivity contribution in [2.24, 2.45) is 5.92 Å². The molecule has 0 spiro atoms. The number of methoxy groups -OCH3 is 1. The fourth-order valence-electron chi connectivity index (χ4n) is 3.47. The molecule has 0 saturated carbocycles. The Morgan fingerprint density at radius 1 is 1.41 bits per heavy atom. The number of benzene rings is 1. The minimum atomic E-state index is -0.973. The van der Waals surface area contributed by atoms with Gasteiger partial charge in [0.05, 0.1) is 13.5 Å². The Kier molecular flexibility index (Phi) is 3.88. The van der Waals surface area contributed by atoms with Gasteiger partial charge in [0, 0.05) is 12.1 Å². The van der Waals surface area contributed by atoms with E-state index in [9.17, 15) is 9.59 Å². The second-order valence-electron chi connectivity index (χ2n) is 5.77. The molecule has 1 unspecified atom stereocenters. The number of hydrogen-bond acceptors (Lipinski definition) is 3. The summed E-state index contributed by atoms with van der Waals surface area (Å²) in [6.07, 6.45) is 2.49. The highest BCUT2D eigenvalue weighted by atomic mass is 16.5. The predicted molar refractivity (Wildman–Crippen MR) is 81.6 cm³/mol. The number of nitrogens with one attached hydrogen (secondary N) is 1. The molecule has 0 aromatic heterocycles. The minimum Gasteiger partial charge on any atom is -0.497 e. The smallest absolute Gasteiger partial charge is 0.308 e. The van der Waals surface area contributed by atoms with Crippen molar-refractivity contribution in [3.05, 3.63) is 34.9 Å². The van der Waals surface area contributed by atoms with Crippen molar-refractivity contribution in [3.8, 4) is 5.75 Å². The zero-order valence-corrected chi connectivity index (χ0v) is 12.5. The van der Waals surface area contributed by atoms with E-state index < -0.39 is 5.97 Å². The highest BCUT2D eigenvalue weighted by Gasteiger charge is 2.32. The molecular weight excluding hydrogens is 282 g/mol. The first-order valence-electron chi connectivity index (χ1n) is 7.50. The molecule has 2 N–H and O–H groups in total. The van der Waals surface area contributed by atoms with Crippen molar-refractivity contribution < 1.29 is 19.4 Å². The maximum absolute atomic E-state index is 12.3. The van der Waals surface area contributed by atoms with E-state index in [1.807, 2.05) is 18.2 Å². The van der Waals surface area contributed by atoms with Gasteiger partial charge in [-0.15, -0.1) is 0 Å². The van der Waals surface area contributed by atoms with Crippen LogP contribution in [0.1, 0.15) is 30.4 Å².